The molecule has 11 atom stereocenters. The molecule has 0 spiro atoms. The van der Waals surface area contributed by atoms with Gasteiger partial charge in [0.05, 0.1) is 36.7 Å². The average molecular weight is 1230 g/mol. The molecular formula is C71H96N2O16. The predicted octanol–water partition coefficient (Wildman–Crippen LogP) is 11.1. The number of aliphatic hydroxyl groups excluding tert-OH is 1. The van der Waals surface area contributed by atoms with Crippen LogP contribution in [-0.4, -0.2) is 120 Å². The van der Waals surface area contributed by atoms with Gasteiger partial charge in [0, 0.05) is 62.5 Å². The van der Waals surface area contributed by atoms with E-state index in [4.69, 9.17) is 28.4 Å². The number of ketones is 1. The van der Waals surface area contributed by atoms with Crippen LogP contribution in [0.25, 0.3) is 0 Å². The first-order valence-electron chi connectivity index (χ1n) is 32.5. The summed E-state index contributed by atoms with van der Waals surface area (Å²) in [6, 6.07) is 23.6. The van der Waals surface area contributed by atoms with Crippen molar-refractivity contribution >= 4 is 47.4 Å². The molecule has 0 aromatic heterocycles. The van der Waals surface area contributed by atoms with Gasteiger partial charge in [0.25, 0.3) is 5.91 Å². The highest BCUT2D eigenvalue weighted by atomic mass is 16.6. The molecule has 3 fully saturated rings. The van der Waals surface area contributed by atoms with E-state index in [9.17, 15) is 39.0 Å². The van der Waals surface area contributed by atoms with Gasteiger partial charge in [-0.05, 0) is 80.5 Å². The summed E-state index contributed by atoms with van der Waals surface area (Å²) >= 11 is 0. The molecule has 4 aliphatic rings. The zero-order valence-electron chi connectivity index (χ0n) is 53.4. The van der Waals surface area contributed by atoms with E-state index in [1.54, 1.807) is 113 Å². The molecule has 18 nitrogen and oxygen atoms in total. The largest absolute Gasteiger partial charge is 0.469 e. The molecule has 2 saturated carbocycles. The Labute approximate surface area is 525 Å². The second-order valence-corrected chi connectivity index (χ2v) is 25.7. The second-order valence-electron chi connectivity index (χ2n) is 25.7. The van der Waals surface area contributed by atoms with Crippen LogP contribution in [0, 0.1) is 22.7 Å². The number of carbonyl (C=O) groups excluding carboxylic acids is 8. The number of nitrogens with one attached hydrogen (secondary N) is 2. The van der Waals surface area contributed by atoms with E-state index in [2.05, 4.69) is 10.6 Å². The summed E-state index contributed by atoms with van der Waals surface area (Å²) in [7, 11) is 1.43. The van der Waals surface area contributed by atoms with Gasteiger partial charge in [-0.15, -0.1) is 0 Å². The summed E-state index contributed by atoms with van der Waals surface area (Å²) in [5.74, 6) is -7.17. The summed E-state index contributed by atoms with van der Waals surface area (Å²) in [6.45, 7) is 9.71. The van der Waals surface area contributed by atoms with Crippen LogP contribution >= 0.6 is 0 Å². The number of hydrogen-bond acceptors (Lipinski definition) is 16. The third-order valence-electron chi connectivity index (χ3n) is 19.4. The maximum atomic E-state index is 15.6. The lowest BCUT2D eigenvalue weighted by molar-refractivity contribution is -0.345. The Morgan fingerprint density at radius 2 is 1.20 bits per heavy atom. The minimum atomic E-state index is -2.27. The van der Waals surface area contributed by atoms with Gasteiger partial charge in [-0.1, -0.05) is 171 Å². The fourth-order valence-electron chi connectivity index (χ4n) is 14.4. The van der Waals surface area contributed by atoms with Crippen molar-refractivity contribution in [1.29, 1.82) is 0 Å². The maximum Gasteiger partial charge on any atom is 0.350 e. The third-order valence-corrected chi connectivity index (χ3v) is 19.4. The molecule has 0 radical (unpaired) electrons. The summed E-state index contributed by atoms with van der Waals surface area (Å²) in [5.41, 5.74) is -5.70. The third kappa shape index (κ3) is 16.8. The van der Waals surface area contributed by atoms with Crippen molar-refractivity contribution in [3.8, 4) is 0 Å². The number of esters is 5. The molecule has 7 rings (SSSR count). The number of unbranched alkanes of at least 4 members (excludes halogenated alkanes) is 15. The Morgan fingerprint density at radius 3 is 1.74 bits per heavy atom. The zero-order valence-corrected chi connectivity index (χ0v) is 53.4. The van der Waals surface area contributed by atoms with Crippen molar-refractivity contribution in [3.05, 3.63) is 119 Å². The van der Waals surface area contributed by atoms with Gasteiger partial charge < -0.3 is 49.3 Å². The minimum Gasteiger partial charge on any atom is -0.469 e. The smallest absolute Gasteiger partial charge is 0.350 e. The van der Waals surface area contributed by atoms with Crippen LogP contribution in [0.2, 0.25) is 0 Å². The van der Waals surface area contributed by atoms with Crippen molar-refractivity contribution in [2.75, 3.05) is 20.3 Å². The van der Waals surface area contributed by atoms with E-state index < -0.39 is 112 Å². The number of methoxy groups -OCH3 is 1. The molecule has 2 bridgehead atoms. The molecule has 486 valence electrons. The van der Waals surface area contributed by atoms with Crippen LogP contribution in [0.5, 0.6) is 0 Å². The lowest BCUT2D eigenvalue weighted by Gasteiger charge is -2.67. The van der Waals surface area contributed by atoms with E-state index in [1.807, 2.05) is 0 Å². The number of amides is 2. The number of benzene rings is 3. The average Bonchev–Trinajstić information content (AvgIpc) is 0.677. The van der Waals surface area contributed by atoms with E-state index in [-0.39, 0.29) is 42.5 Å². The first-order chi connectivity index (χ1) is 42.6. The Balaban J connectivity index is 1.03. The molecule has 2 amide bonds. The normalized spacial score (nSPS) is 25.7. The Bertz CT molecular complexity index is 2920. The molecular weight excluding hydrogens is 1140 g/mol. The van der Waals surface area contributed by atoms with Crippen LogP contribution in [0.15, 0.2) is 102 Å². The standard InChI is InChI=1S/C71H96N2O16/c1-47-53(45-71(83)64(88-66(81)52-38-28-22-29-39-52)62-69(6,63(79)48(2)59(47)68(71,4)5)54(75)44-55-70(62,46-85-55)89-49(3)74)86-67(82)61(60(50-34-24-20-25-35-50)73-65(80)51-36-26-21-27-37-51)87-58(78)42-32-23-33-43-72-56(76)40-30-18-16-14-12-10-8-9-11-13-15-17-19-31-41-57(77)84-7/h20-22,24-29,34-39,48,53-55,60-62,64,75,83H,8-19,23,30-33,40-46H2,1-7H3,(H,72,76)(H,73,80)/t48-,53+,54+,55-,60+,61-,62+,64+,69-,70+,71-/m1/s1. The van der Waals surface area contributed by atoms with Gasteiger partial charge >= 0.3 is 29.8 Å². The van der Waals surface area contributed by atoms with E-state index in [0.717, 1.165) is 38.5 Å². The number of aliphatic hydroxyl groups is 2. The molecule has 3 aromatic rings. The predicted molar refractivity (Wildman–Crippen MR) is 333 cm³/mol. The first kappa shape index (κ1) is 69.7. The quantitative estimate of drug-likeness (QED) is 0.0191. The lowest BCUT2D eigenvalue weighted by atomic mass is 9.43. The van der Waals surface area contributed by atoms with Crippen LogP contribution in [-0.2, 0) is 57.2 Å². The fraction of sp³-hybridized carbons (Fsp3) is 0.606. The van der Waals surface area contributed by atoms with Gasteiger partial charge in [0.1, 0.15) is 35.7 Å². The Kier molecular flexibility index (Phi) is 25.3. The monoisotopic (exact) mass is 1230 g/mol. The fourth-order valence-corrected chi connectivity index (χ4v) is 14.4. The van der Waals surface area contributed by atoms with Crippen molar-refractivity contribution in [3.63, 3.8) is 0 Å². The molecule has 3 aliphatic carbocycles. The summed E-state index contributed by atoms with van der Waals surface area (Å²) in [6.07, 6.45) is 10.3. The molecule has 18 heteroatoms. The van der Waals surface area contributed by atoms with Crippen molar-refractivity contribution in [2.45, 2.75) is 231 Å². The highest BCUT2D eigenvalue weighted by Gasteiger charge is 2.77. The lowest BCUT2D eigenvalue weighted by Crippen LogP contribution is -2.81. The summed E-state index contributed by atoms with van der Waals surface area (Å²) in [4.78, 5) is 111. The molecule has 1 saturated heterocycles. The number of fused-ring (bicyclic) bond motifs is 5. The van der Waals surface area contributed by atoms with E-state index in [0.29, 0.717) is 55.4 Å². The minimum absolute atomic E-state index is 0.0170. The van der Waals surface area contributed by atoms with Gasteiger partial charge in [0.15, 0.2) is 5.60 Å². The van der Waals surface area contributed by atoms with Gasteiger partial charge in [0.2, 0.25) is 12.0 Å². The van der Waals surface area contributed by atoms with E-state index >= 15 is 9.59 Å². The Hall–Kier alpha value is -6.76. The maximum absolute atomic E-state index is 15.6. The first-order valence-corrected chi connectivity index (χ1v) is 32.5. The molecule has 1 aliphatic heterocycles. The molecule has 89 heavy (non-hydrogen) atoms. The van der Waals surface area contributed by atoms with Crippen molar-refractivity contribution < 1.29 is 77.0 Å². The summed E-state index contributed by atoms with van der Waals surface area (Å²) < 4.78 is 36.1. The molecule has 3 aromatic carbocycles. The van der Waals surface area contributed by atoms with Crippen molar-refractivity contribution in [2.24, 2.45) is 22.7 Å². The molecule has 4 N–H and O–H groups in total. The van der Waals surface area contributed by atoms with E-state index in [1.165, 1.54) is 77.5 Å². The Morgan fingerprint density at radius 1 is 0.685 bits per heavy atom. The molecule has 1 heterocycles. The van der Waals surface area contributed by atoms with Crippen LogP contribution < -0.4 is 10.6 Å². The number of ether oxygens (including phenoxy) is 6. The van der Waals surface area contributed by atoms with Gasteiger partial charge in [-0.25, -0.2) is 9.59 Å². The highest BCUT2D eigenvalue weighted by molar-refractivity contribution is 5.95. The topological polar surface area (TPSA) is 256 Å². The van der Waals surface area contributed by atoms with Gasteiger partial charge in [-0.2, -0.15) is 0 Å². The van der Waals surface area contributed by atoms with Gasteiger partial charge in [-0.3, -0.25) is 28.8 Å². The highest BCUT2D eigenvalue weighted by Crippen LogP contribution is 2.65. The van der Waals surface area contributed by atoms with Crippen LogP contribution in [0.4, 0.5) is 0 Å². The number of carbonyl (C=O) groups is 8. The number of rotatable bonds is 33. The second kappa shape index (κ2) is 32.3. The number of Topliss-reactive ketones (excluding diaryl/α,β-unsaturated/α-hetero) is 1. The van der Waals surface area contributed by atoms with Crippen LogP contribution in [0.3, 0.4) is 0 Å². The van der Waals surface area contributed by atoms with Crippen molar-refractivity contribution in [1.82, 2.24) is 10.6 Å². The molecule has 0 unspecified atom stereocenters. The number of hydrogen-bond donors (Lipinski definition) is 4. The summed E-state index contributed by atoms with van der Waals surface area (Å²) in [5, 5.41) is 32.1. The van der Waals surface area contributed by atoms with Crippen LogP contribution in [0.1, 0.15) is 215 Å². The zero-order chi connectivity index (χ0) is 64.4. The SMILES string of the molecule is COC(=O)CCCCCCCCCCCCCCCCC(=O)NCCCCCC(=O)O[C@@H](C(=O)O[C@H]1C[C@@]2(O)[C@@H](OC(=O)c3ccccc3)[C@@H]3[C@]4(OC(C)=O)CO[C@@H]4C[C@H](O)[C@@]3(C)C(=O)[C@H](C)C(=C1C)C2(C)C)[C@@H](NC(=O)c1ccccc1)c1ccccc1.